The van der Waals surface area contributed by atoms with Gasteiger partial charge in [0.05, 0.1) is 29.2 Å². The number of rotatable bonds is 7. The molecule has 1 N–H and O–H groups in total. The number of benzene rings is 1. The van der Waals surface area contributed by atoms with Gasteiger partial charge in [-0.1, -0.05) is 12.1 Å². The highest BCUT2D eigenvalue weighted by Crippen LogP contribution is 2.39. The molecule has 0 saturated carbocycles. The number of non-ortho nitro benzene ring substituents is 1. The summed E-state index contributed by atoms with van der Waals surface area (Å²) in [6.07, 6.45) is 2.99. The van der Waals surface area contributed by atoms with E-state index in [0.717, 1.165) is 6.07 Å². The van der Waals surface area contributed by atoms with Gasteiger partial charge in [-0.05, 0) is 31.5 Å². The standard InChI is InChI=1S/C21H21N3O6/c1-13(2)30-11-10-23-18(14-6-8-22-9-7-14)17(20(26)21(23)27)19(25)15-4-3-5-16(12-15)24(28)29/h3-9,12-13,18,25H,10-11H2,1-2H3/b19-17-. The van der Waals surface area contributed by atoms with Crippen molar-refractivity contribution in [2.24, 2.45) is 0 Å². The Kier molecular flexibility index (Phi) is 6.22. The van der Waals surface area contributed by atoms with Crippen molar-refractivity contribution in [3.05, 3.63) is 75.6 Å². The predicted octanol–water partition coefficient (Wildman–Crippen LogP) is 2.84. The van der Waals surface area contributed by atoms with Gasteiger partial charge in [-0.15, -0.1) is 0 Å². The second kappa shape index (κ2) is 8.83. The Morgan fingerprint density at radius 2 is 1.97 bits per heavy atom. The lowest BCUT2D eigenvalue weighted by Gasteiger charge is -2.25. The van der Waals surface area contributed by atoms with Gasteiger partial charge in [0.15, 0.2) is 0 Å². The van der Waals surface area contributed by atoms with E-state index in [1.54, 1.807) is 12.1 Å². The van der Waals surface area contributed by atoms with Gasteiger partial charge in [-0.2, -0.15) is 0 Å². The Balaban J connectivity index is 2.09. The molecule has 1 aromatic carbocycles. The van der Waals surface area contributed by atoms with Crippen LogP contribution in [0, 0.1) is 10.1 Å². The molecule has 1 saturated heterocycles. The number of nitro benzene ring substituents is 1. The lowest BCUT2D eigenvalue weighted by Crippen LogP contribution is -2.33. The number of likely N-dealkylation sites (tertiary alicyclic amines) is 1. The van der Waals surface area contributed by atoms with Crippen LogP contribution in [0.2, 0.25) is 0 Å². The number of amides is 1. The van der Waals surface area contributed by atoms with E-state index in [-0.39, 0.29) is 36.1 Å². The Morgan fingerprint density at radius 1 is 1.27 bits per heavy atom. The summed E-state index contributed by atoms with van der Waals surface area (Å²) in [7, 11) is 0. The van der Waals surface area contributed by atoms with Crippen LogP contribution >= 0.6 is 0 Å². The summed E-state index contributed by atoms with van der Waals surface area (Å²) in [6, 6.07) is 7.72. The van der Waals surface area contributed by atoms with Crippen molar-refractivity contribution in [3.8, 4) is 0 Å². The molecule has 9 heteroatoms. The van der Waals surface area contributed by atoms with Crippen LogP contribution in [-0.2, 0) is 14.3 Å². The van der Waals surface area contributed by atoms with Crippen LogP contribution < -0.4 is 0 Å². The number of pyridine rings is 1. The summed E-state index contributed by atoms with van der Waals surface area (Å²) < 4.78 is 5.52. The van der Waals surface area contributed by atoms with E-state index < -0.39 is 28.4 Å². The lowest BCUT2D eigenvalue weighted by atomic mass is 9.96. The fourth-order valence-corrected chi connectivity index (χ4v) is 3.31. The number of carbonyl (C=O) groups excluding carboxylic acids is 2. The highest BCUT2D eigenvalue weighted by Gasteiger charge is 2.46. The number of ether oxygens (including phenoxy) is 1. The number of ketones is 1. The zero-order chi connectivity index (χ0) is 21.8. The normalized spacial score (nSPS) is 18.2. The van der Waals surface area contributed by atoms with Gasteiger partial charge in [-0.3, -0.25) is 24.7 Å². The molecule has 30 heavy (non-hydrogen) atoms. The molecule has 0 bridgehead atoms. The van der Waals surface area contributed by atoms with Crippen molar-refractivity contribution in [1.29, 1.82) is 0 Å². The summed E-state index contributed by atoms with van der Waals surface area (Å²) >= 11 is 0. The van der Waals surface area contributed by atoms with Crippen LogP contribution in [0.5, 0.6) is 0 Å². The largest absolute Gasteiger partial charge is 0.507 e. The maximum absolute atomic E-state index is 12.8. The number of hydrogen-bond donors (Lipinski definition) is 1. The highest BCUT2D eigenvalue weighted by atomic mass is 16.6. The van der Waals surface area contributed by atoms with Crippen molar-refractivity contribution < 1.29 is 24.4 Å². The van der Waals surface area contributed by atoms with E-state index in [2.05, 4.69) is 4.98 Å². The number of aromatic nitrogens is 1. The number of carbonyl (C=O) groups is 2. The second-order valence-corrected chi connectivity index (χ2v) is 7.00. The summed E-state index contributed by atoms with van der Waals surface area (Å²) in [5.41, 5.74) is 0.302. The molecule has 1 atom stereocenters. The van der Waals surface area contributed by atoms with Crippen molar-refractivity contribution in [2.45, 2.75) is 26.0 Å². The van der Waals surface area contributed by atoms with Crippen LogP contribution in [0.3, 0.4) is 0 Å². The molecule has 156 valence electrons. The fourth-order valence-electron chi connectivity index (χ4n) is 3.31. The molecule has 0 spiro atoms. The minimum absolute atomic E-state index is 0.0499. The van der Waals surface area contributed by atoms with E-state index in [0.29, 0.717) is 5.56 Å². The van der Waals surface area contributed by atoms with E-state index >= 15 is 0 Å². The Morgan fingerprint density at radius 3 is 2.60 bits per heavy atom. The molecular weight excluding hydrogens is 390 g/mol. The summed E-state index contributed by atoms with van der Waals surface area (Å²) in [5, 5.41) is 22.0. The Bertz CT molecular complexity index is 1000. The number of nitro groups is 1. The SMILES string of the molecule is CC(C)OCCN1C(=O)C(=O)/C(=C(\O)c2cccc([N+](=O)[O-])c2)C1c1ccncc1. The molecule has 1 unspecified atom stereocenters. The average Bonchev–Trinajstić information content (AvgIpc) is 2.98. The number of aliphatic hydroxyl groups is 1. The summed E-state index contributed by atoms with van der Waals surface area (Å²) in [5.74, 6) is -2.09. The molecule has 2 heterocycles. The molecule has 3 rings (SSSR count). The molecular formula is C21H21N3O6. The second-order valence-electron chi connectivity index (χ2n) is 7.00. The molecule has 9 nitrogen and oxygen atoms in total. The van der Waals surface area contributed by atoms with Crippen molar-refractivity contribution >= 4 is 23.1 Å². The summed E-state index contributed by atoms with van der Waals surface area (Å²) in [4.78, 5) is 41.3. The van der Waals surface area contributed by atoms with Crippen molar-refractivity contribution in [1.82, 2.24) is 9.88 Å². The number of aliphatic hydroxyl groups excluding tert-OH is 1. The van der Waals surface area contributed by atoms with Crippen LogP contribution in [0.4, 0.5) is 5.69 Å². The third-order valence-corrected chi connectivity index (χ3v) is 4.68. The molecule has 1 fully saturated rings. The zero-order valence-corrected chi connectivity index (χ0v) is 16.5. The molecule has 0 aliphatic carbocycles. The molecule has 0 radical (unpaired) electrons. The molecule has 1 amide bonds. The van der Waals surface area contributed by atoms with Crippen LogP contribution in [0.1, 0.15) is 31.0 Å². The first-order chi connectivity index (χ1) is 14.3. The first kappa shape index (κ1) is 21.1. The quantitative estimate of drug-likeness (QED) is 0.244. The summed E-state index contributed by atoms with van der Waals surface area (Å²) in [6.45, 7) is 4.07. The monoisotopic (exact) mass is 411 g/mol. The van der Waals surface area contributed by atoms with E-state index in [9.17, 15) is 24.8 Å². The van der Waals surface area contributed by atoms with E-state index in [1.807, 2.05) is 13.8 Å². The fraction of sp³-hybridized carbons (Fsp3) is 0.286. The Hall–Kier alpha value is -3.59. The van der Waals surface area contributed by atoms with Crippen molar-refractivity contribution in [2.75, 3.05) is 13.2 Å². The Labute approximate surface area is 172 Å². The van der Waals surface area contributed by atoms with E-state index in [4.69, 9.17) is 4.74 Å². The van der Waals surface area contributed by atoms with E-state index in [1.165, 1.54) is 35.5 Å². The number of hydrogen-bond acceptors (Lipinski definition) is 7. The third kappa shape index (κ3) is 4.20. The van der Waals surface area contributed by atoms with Crippen LogP contribution in [-0.4, -0.2) is 50.9 Å². The van der Waals surface area contributed by atoms with Gasteiger partial charge < -0.3 is 14.7 Å². The van der Waals surface area contributed by atoms with Crippen molar-refractivity contribution in [3.63, 3.8) is 0 Å². The topological polar surface area (TPSA) is 123 Å². The molecule has 1 aromatic heterocycles. The first-order valence-electron chi connectivity index (χ1n) is 9.36. The molecule has 1 aliphatic heterocycles. The molecule has 2 aromatic rings. The van der Waals surface area contributed by atoms with Gasteiger partial charge in [0.25, 0.3) is 17.4 Å². The lowest BCUT2D eigenvalue weighted by molar-refractivity contribution is -0.384. The maximum atomic E-state index is 12.8. The van der Waals surface area contributed by atoms with Gasteiger partial charge in [0.1, 0.15) is 5.76 Å². The smallest absolute Gasteiger partial charge is 0.295 e. The number of nitrogens with zero attached hydrogens (tertiary/aromatic N) is 3. The maximum Gasteiger partial charge on any atom is 0.295 e. The minimum atomic E-state index is -0.858. The van der Waals surface area contributed by atoms with Gasteiger partial charge in [0.2, 0.25) is 0 Å². The average molecular weight is 411 g/mol. The van der Waals surface area contributed by atoms with Gasteiger partial charge in [0, 0.05) is 36.6 Å². The number of Topliss-reactive ketones (excluding diaryl/α,β-unsaturated/α-hetero) is 1. The van der Waals surface area contributed by atoms with Crippen LogP contribution in [0.25, 0.3) is 5.76 Å². The zero-order valence-electron chi connectivity index (χ0n) is 16.5. The molecule has 1 aliphatic rings. The van der Waals surface area contributed by atoms with Crippen LogP contribution in [0.15, 0.2) is 54.4 Å². The highest BCUT2D eigenvalue weighted by molar-refractivity contribution is 6.46. The first-order valence-corrected chi connectivity index (χ1v) is 9.36. The third-order valence-electron chi connectivity index (χ3n) is 4.68. The van der Waals surface area contributed by atoms with Gasteiger partial charge >= 0.3 is 0 Å². The predicted molar refractivity (Wildman–Crippen MR) is 107 cm³/mol. The van der Waals surface area contributed by atoms with Gasteiger partial charge in [-0.25, -0.2) is 0 Å². The minimum Gasteiger partial charge on any atom is -0.507 e.